The summed E-state index contributed by atoms with van der Waals surface area (Å²) >= 11 is 0. The van der Waals surface area contributed by atoms with E-state index >= 15 is 0 Å². The van der Waals surface area contributed by atoms with E-state index in [0.29, 0.717) is 17.7 Å². The Kier molecular flexibility index (Phi) is 4.49. The second-order valence-electron chi connectivity index (χ2n) is 6.74. The maximum atomic E-state index is 12.8. The first-order valence-electron chi connectivity index (χ1n) is 8.89. The van der Waals surface area contributed by atoms with Crippen LogP contribution in [0, 0.1) is 0 Å². The number of nitrogens with one attached hydrogen (secondary N) is 1. The number of hydrazone groups is 1. The van der Waals surface area contributed by atoms with Crippen LogP contribution in [0.5, 0.6) is 0 Å². The molecule has 28 heavy (non-hydrogen) atoms. The maximum Gasteiger partial charge on any atom is 0.346 e. The van der Waals surface area contributed by atoms with E-state index < -0.39 is 17.5 Å². The second kappa shape index (κ2) is 7.11. The zero-order chi connectivity index (χ0) is 19.6. The van der Waals surface area contributed by atoms with Gasteiger partial charge in [-0.2, -0.15) is 10.2 Å². The van der Waals surface area contributed by atoms with Crippen LogP contribution < -0.4 is 5.32 Å². The molecule has 1 fully saturated rings. The van der Waals surface area contributed by atoms with Gasteiger partial charge >= 0.3 is 6.03 Å². The average Bonchev–Trinajstić information content (AvgIpc) is 3.24. The molecule has 0 bridgehead atoms. The molecule has 4 rings (SSSR count). The van der Waals surface area contributed by atoms with Gasteiger partial charge in [-0.3, -0.25) is 9.48 Å². The molecule has 0 aliphatic carbocycles. The number of aromatic nitrogens is 2. The molecule has 3 aromatic rings. The molecule has 1 aliphatic rings. The van der Waals surface area contributed by atoms with Gasteiger partial charge in [-0.1, -0.05) is 60.7 Å². The van der Waals surface area contributed by atoms with E-state index in [1.54, 1.807) is 29.9 Å². The van der Waals surface area contributed by atoms with Crippen molar-refractivity contribution >= 4 is 18.2 Å². The van der Waals surface area contributed by atoms with Crippen molar-refractivity contribution in [3.63, 3.8) is 0 Å². The van der Waals surface area contributed by atoms with Crippen LogP contribution in [-0.4, -0.2) is 32.9 Å². The molecule has 2 aromatic carbocycles. The van der Waals surface area contributed by atoms with Gasteiger partial charge in [-0.25, -0.2) is 4.79 Å². The lowest BCUT2D eigenvalue weighted by atomic mass is 9.92. The van der Waals surface area contributed by atoms with Crippen molar-refractivity contribution in [1.29, 1.82) is 0 Å². The zero-order valence-electron chi connectivity index (χ0n) is 15.3. The molecule has 1 saturated heterocycles. The second-order valence-corrected chi connectivity index (χ2v) is 6.74. The minimum atomic E-state index is -1.13. The first-order chi connectivity index (χ1) is 13.6. The molecular formula is C21H19N5O2. The predicted molar refractivity (Wildman–Crippen MR) is 105 cm³/mol. The first kappa shape index (κ1) is 17.7. The summed E-state index contributed by atoms with van der Waals surface area (Å²) in [6.07, 6.45) is 4.91. The molecule has 1 N–H and O–H groups in total. The summed E-state index contributed by atoms with van der Waals surface area (Å²) in [6, 6.07) is 18.5. The van der Waals surface area contributed by atoms with Crippen LogP contribution in [0.4, 0.5) is 4.79 Å². The quantitative estimate of drug-likeness (QED) is 0.552. The normalized spacial score (nSPS) is 19.4. The Balaban J connectivity index is 1.49. The van der Waals surface area contributed by atoms with Gasteiger partial charge in [0.2, 0.25) is 0 Å². The molecule has 0 saturated carbocycles. The average molecular weight is 373 g/mol. The molecule has 140 valence electrons. The lowest BCUT2D eigenvalue weighted by molar-refractivity contribution is -0.131. The van der Waals surface area contributed by atoms with Crippen molar-refractivity contribution in [3.05, 3.63) is 89.7 Å². The van der Waals surface area contributed by atoms with E-state index in [2.05, 4.69) is 15.5 Å². The number of imide groups is 1. The molecule has 3 amide bonds. The number of nitrogens with zero attached hydrogens (tertiary/aromatic N) is 4. The Hall–Kier alpha value is -3.74. The Bertz CT molecular complexity index is 1030. The summed E-state index contributed by atoms with van der Waals surface area (Å²) in [7, 11) is 0. The fourth-order valence-corrected chi connectivity index (χ4v) is 3.12. The Morgan fingerprint density at radius 2 is 1.75 bits per heavy atom. The highest BCUT2D eigenvalue weighted by molar-refractivity contribution is 6.07. The molecule has 7 heteroatoms. The SMILES string of the molecule is C[C@]1(c2ccccc2)NC(=O)N(/N=C\c2cnn(Cc3ccccc3)c2)C1=O. The van der Waals surface area contributed by atoms with Crippen molar-refractivity contribution in [2.45, 2.75) is 19.0 Å². The highest BCUT2D eigenvalue weighted by atomic mass is 16.2. The Morgan fingerprint density at radius 3 is 2.46 bits per heavy atom. The van der Waals surface area contributed by atoms with Gasteiger partial charge in [0.1, 0.15) is 5.54 Å². The predicted octanol–water partition coefficient (Wildman–Crippen LogP) is 2.73. The highest BCUT2D eigenvalue weighted by Crippen LogP contribution is 2.28. The zero-order valence-corrected chi connectivity index (χ0v) is 15.3. The third kappa shape index (κ3) is 3.29. The first-order valence-corrected chi connectivity index (χ1v) is 8.89. The van der Waals surface area contributed by atoms with Crippen LogP contribution in [0.15, 0.2) is 78.2 Å². The Morgan fingerprint density at radius 1 is 1.07 bits per heavy atom. The summed E-state index contributed by atoms with van der Waals surface area (Å²) in [5.74, 6) is -0.420. The number of hydrogen-bond donors (Lipinski definition) is 1. The van der Waals surface area contributed by atoms with Gasteiger partial charge in [0.15, 0.2) is 0 Å². The third-order valence-corrected chi connectivity index (χ3v) is 4.68. The van der Waals surface area contributed by atoms with Crippen LogP contribution in [0.3, 0.4) is 0 Å². The molecule has 0 radical (unpaired) electrons. The Labute approximate surface area is 162 Å². The summed E-state index contributed by atoms with van der Waals surface area (Å²) in [6.45, 7) is 2.31. The van der Waals surface area contributed by atoms with Crippen molar-refractivity contribution in [3.8, 4) is 0 Å². The van der Waals surface area contributed by atoms with Crippen LogP contribution in [0.2, 0.25) is 0 Å². The minimum absolute atomic E-state index is 0.420. The maximum absolute atomic E-state index is 12.8. The van der Waals surface area contributed by atoms with Crippen molar-refractivity contribution in [2.24, 2.45) is 5.10 Å². The van der Waals surface area contributed by atoms with Gasteiger partial charge in [0.05, 0.1) is 19.0 Å². The topological polar surface area (TPSA) is 79.6 Å². The number of amides is 3. The fourth-order valence-electron chi connectivity index (χ4n) is 3.12. The van der Waals surface area contributed by atoms with E-state index in [-0.39, 0.29) is 0 Å². The molecular weight excluding hydrogens is 354 g/mol. The molecule has 1 aromatic heterocycles. The van der Waals surface area contributed by atoms with Crippen LogP contribution >= 0.6 is 0 Å². The molecule has 7 nitrogen and oxygen atoms in total. The molecule has 2 heterocycles. The van der Waals surface area contributed by atoms with Gasteiger partial charge in [-0.15, -0.1) is 5.01 Å². The van der Waals surface area contributed by atoms with Crippen molar-refractivity contribution in [2.75, 3.05) is 0 Å². The number of hydrogen-bond acceptors (Lipinski definition) is 4. The number of carbonyl (C=O) groups is 2. The number of carbonyl (C=O) groups excluding carboxylic acids is 2. The van der Waals surface area contributed by atoms with Crippen molar-refractivity contribution in [1.82, 2.24) is 20.1 Å². The fraction of sp³-hybridized carbons (Fsp3) is 0.143. The summed E-state index contributed by atoms with van der Waals surface area (Å²) < 4.78 is 1.77. The molecule has 0 unspecified atom stereocenters. The third-order valence-electron chi connectivity index (χ3n) is 4.68. The summed E-state index contributed by atoms with van der Waals surface area (Å²) in [5, 5.41) is 12.0. The van der Waals surface area contributed by atoms with Gasteiger partial charge in [-0.05, 0) is 18.1 Å². The minimum Gasteiger partial charge on any atom is -0.318 e. The molecule has 0 spiro atoms. The highest BCUT2D eigenvalue weighted by Gasteiger charge is 2.49. The van der Waals surface area contributed by atoms with Crippen LogP contribution in [0.25, 0.3) is 0 Å². The number of benzene rings is 2. The summed E-state index contributed by atoms with van der Waals surface area (Å²) in [4.78, 5) is 25.1. The van der Waals surface area contributed by atoms with E-state index in [4.69, 9.17) is 0 Å². The monoisotopic (exact) mass is 373 g/mol. The smallest absolute Gasteiger partial charge is 0.318 e. The van der Waals surface area contributed by atoms with Crippen molar-refractivity contribution < 1.29 is 9.59 Å². The van der Waals surface area contributed by atoms with Gasteiger partial charge < -0.3 is 5.32 Å². The van der Waals surface area contributed by atoms with Crippen LogP contribution in [-0.2, 0) is 16.9 Å². The molecule has 1 atom stereocenters. The lowest BCUT2D eigenvalue weighted by Crippen LogP contribution is -2.40. The van der Waals surface area contributed by atoms with Gasteiger partial charge in [0, 0.05) is 11.8 Å². The van der Waals surface area contributed by atoms with E-state index in [1.807, 2.05) is 54.7 Å². The lowest BCUT2D eigenvalue weighted by Gasteiger charge is -2.20. The standard InChI is InChI=1S/C21H19N5O2/c1-21(18-10-6-3-7-11-18)19(27)26(20(28)24-21)23-13-17-12-22-25(15-17)14-16-8-4-2-5-9-16/h2-13,15H,14H2,1H3,(H,24,28)/b23-13-/t21-/m1/s1. The number of urea groups is 1. The van der Waals surface area contributed by atoms with E-state index in [9.17, 15) is 9.59 Å². The largest absolute Gasteiger partial charge is 0.346 e. The number of rotatable bonds is 5. The van der Waals surface area contributed by atoms with Crippen LogP contribution in [0.1, 0.15) is 23.6 Å². The summed E-state index contributed by atoms with van der Waals surface area (Å²) in [5.41, 5.74) is 1.40. The van der Waals surface area contributed by atoms with E-state index in [0.717, 1.165) is 10.6 Å². The van der Waals surface area contributed by atoms with E-state index in [1.165, 1.54) is 6.21 Å². The molecule has 1 aliphatic heterocycles. The van der Waals surface area contributed by atoms with Gasteiger partial charge in [0.25, 0.3) is 5.91 Å².